The molecule has 1 aromatic carbocycles. The second kappa shape index (κ2) is 5.70. The molecule has 2 aromatic rings. The van der Waals surface area contributed by atoms with Crippen LogP contribution in [-0.4, -0.2) is 20.8 Å². The van der Waals surface area contributed by atoms with Crippen molar-refractivity contribution in [1.82, 2.24) is 9.78 Å². The number of nitrogens with two attached hydrogens (primary N) is 1. The van der Waals surface area contributed by atoms with Crippen LogP contribution in [0.25, 0.3) is 0 Å². The molecular formula is C13H15N5OS. The summed E-state index contributed by atoms with van der Waals surface area (Å²) in [6, 6.07) is 7.13. The Bertz CT molecular complexity index is 665. The van der Waals surface area contributed by atoms with Gasteiger partial charge in [0.2, 0.25) is 0 Å². The van der Waals surface area contributed by atoms with Gasteiger partial charge in [0.25, 0.3) is 0 Å². The van der Waals surface area contributed by atoms with Gasteiger partial charge < -0.3 is 11.1 Å². The molecule has 0 spiro atoms. The molecule has 2 rings (SSSR count). The van der Waals surface area contributed by atoms with Crippen LogP contribution in [0.1, 0.15) is 11.1 Å². The molecular weight excluding hydrogens is 274 g/mol. The first-order valence-corrected chi connectivity index (χ1v) is 6.34. The lowest BCUT2D eigenvalue weighted by molar-refractivity contribution is 0.262. The predicted molar refractivity (Wildman–Crippen MR) is 82.9 cm³/mol. The molecule has 4 N–H and O–H groups in total. The van der Waals surface area contributed by atoms with Crippen molar-refractivity contribution in [2.24, 2.45) is 12.8 Å². The number of aryl methyl sites for hydroxylation is 2. The average Bonchev–Trinajstić information content (AvgIpc) is 2.71. The zero-order valence-corrected chi connectivity index (χ0v) is 12.0. The standard InChI is InChI=1S/C13H15N5OS/c1-8-4-3-5-9(6-8)16-13(19)17-12-10(11(14)20)7-15-18(12)2/h3-7H,1-2H3,(H2,14,20)(H2,16,17,19). The van der Waals surface area contributed by atoms with Crippen LogP contribution >= 0.6 is 12.2 Å². The number of nitrogens with one attached hydrogen (secondary N) is 2. The predicted octanol–water partition coefficient (Wildman–Crippen LogP) is 2.01. The zero-order chi connectivity index (χ0) is 14.7. The molecule has 1 aromatic heterocycles. The molecule has 0 aliphatic carbocycles. The number of rotatable bonds is 3. The number of amides is 2. The van der Waals surface area contributed by atoms with E-state index in [1.807, 2.05) is 31.2 Å². The Kier molecular flexibility index (Phi) is 3.99. The number of urea groups is 1. The lowest BCUT2D eigenvalue weighted by atomic mass is 10.2. The van der Waals surface area contributed by atoms with E-state index in [1.165, 1.54) is 10.9 Å². The van der Waals surface area contributed by atoms with E-state index in [-0.39, 0.29) is 11.0 Å². The maximum Gasteiger partial charge on any atom is 0.324 e. The summed E-state index contributed by atoms with van der Waals surface area (Å²) in [6.07, 6.45) is 1.52. The van der Waals surface area contributed by atoms with E-state index >= 15 is 0 Å². The molecule has 0 aliphatic rings. The van der Waals surface area contributed by atoms with Crippen LogP contribution in [0, 0.1) is 6.92 Å². The van der Waals surface area contributed by atoms with E-state index in [1.54, 1.807) is 7.05 Å². The third-order valence-electron chi connectivity index (χ3n) is 2.71. The van der Waals surface area contributed by atoms with Gasteiger partial charge in [0.05, 0.1) is 11.8 Å². The van der Waals surface area contributed by atoms with Gasteiger partial charge in [0.1, 0.15) is 10.8 Å². The minimum atomic E-state index is -0.378. The van der Waals surface area contributed by atoms with Crippen molar-refractivity contribution in [3.63, 3.8) is 0 Å². The van der Waals surface area contributed by atoms with Crippen LogP contribution in [-0.2, 0) is 7.05 Å². The fourth-order valence-electron chi connectivity index (χ4n) is 1.76. The Morgan fingerprint density at radius 3 is 2.80 bits per heavy atom. The normalized spacial score (nSPS) is 10.1. The van der Waals surface area contributed by atoms with Crippen LogP contribution in [0.4, 0.5) is 16.3 Å². The number of carbonyl (C=O) groups excluding carboxylic acids is 1. The minimum absolute atomic E-state index is 0.184. The molecule has 2 amide bonds. The van der Waals surface area contributed by atoms with Crippen LogP contribution in [0.2, 0.25) is 0 Å². The number of benzene rings is 1. The molecule has 0 bridgehead atoms. The number of aromatic nitrogens is 2. The molecule has 104 valence electrons. The van der Waals surface area contributed by atoms with Crippen LogP contribution < -0.4 is 16.4 Å². The lowest BCUT2D eigenvalue weighted by Crippen LogP contribution is -2.23. The first-order valence-electron chi connectivity index (χ1n) is 5.94. The van der Waals surface area contributed by atoms with Crippen molar-refractivity contribution in [1.29, 1.82) is 0 Å². The highest BCUT2D eigenvalue weighted by Gasteiger charge is 2.13. The largest absolute Gasteiger partial charge is 0.389 e. The van der Waals surface area contributed by atoms with E-state index in [0.717, 1.165) is 5.56 Å². The molecule has 6 nitrogen and oxygen atoms in total. The topological polar surface area (TPSA) is 85.0 Å². The number of anilines is 2. The van der Waals surface area contributed by atoms with Gasteiger partial charge in [-0.2, -0.15) is 5.10 Å². The molecule has 0 saturated heterocycles. The molecule has 20 heavy (non-hydrogen) atoms. The maximum absolute atomic E-state index is 12.0. The van der Waals surface area contributed by atoms with Gasteiger partial charge in [-0.15, -0.1) is 0 Å². The Morgan fingerprint density at radius 1 is 1.40 bits per heavy atom. The Hall–Kier alpha value is -2.41. The Balaban J connectivity index is 2.12. The average molecular weight is 289 g/mol. The molecule has 7 heteroatoms. The highest BCUT2D eigenvalue weighted by atomic mass is 32.1. The molecule has 0 aliphatic heterocycles. The summed E-state index contributed by atoms with van der Waals surface area (Å²) >= 11 is 4.92. The van der Waals surface area contributed by atoms with Crippen molar-refractivity contribution in [3.8, 4) is 0 Å². The van der Waals surface area contributed by atoms with Crippen LogP contribution in [0.5, 0.6) is 0 Å². The summed E-state index contributed by atoms with van der Waals surface area (Å²) in [5.41, 5.74) is 7.88. The van der Waals surface area contributed by atoms with Gasteiger partial charge in [0, 0.05) is 12.7 Å². The van der Waals surface area contributed by atoms with Gasteiger partial charge in [-0.05, 0) is 24.6 Å². The first kappa shape index (κ1) is 14.0. The fourth-order valence-corrected chi connectivity index (χ4v) is 1.91. The SMILES string of the molecule is Cc1cccc(NC(=O)Nc2c(C(N)=S)cnn2C)c1. The number of carbonyl (C=O) groups is 1. The van der Waals surface area contributed by atoms with Crippen molar-refractivity contribution in [2.75, 3.05) is 10.6 Å². The van der Waals surface area contributed by atoms with E-state index in [9.17, 15) is 4.79 Å². The number of hydrogen-bond donors (Lipinski definition) is 3. The second-order valence-electron chi connectivity index (χ2n) is 4.34. The van der Waals surface area contributed by atoms with E-state index in [0.29, 0.717) is 17.1 Å². The molecule has 1 heterocycles. The summed E-state index contributed by atoms with van der Waals surface area (Å²) in [6.45, 7) is 1.95. The highest BCUT2D eigenvalue weighted by molar-refractivity contribution is 7.80. The minimum Gasteiger partial charge on any atom is -0.389 e. The van der Waals surface area contributed by atoms with E-state index < -0.39 is 0 Å². The van der Waals surface area contributed by atoms with Gasteiger partial charge in [0.15, 0.2) is 0 Å². The van der Waals surface area contributed by atoms with Gasteiger partial charge >= 0.3 is 6.03 Å². The molecule has 0 saturated carbocycles. The summed E-state index contributed by atoms with van der Waals surface area (Å²) < 4.78 is 1.50. The van der Waals surface area contributed by atoms with Crippen LogP contribution in [0.3, 0.4) is 0 Å². The number of hydrogen-bond acceptors (Lipinski definition) is 3. The van der Waals surface area contributed by atoms with Crippen molar-refractivity contribution in [2.45, 2.75) is 6.92 Å². The van der Waals surface area contributed by atoms with E-state index in [2.05, 4.69) is 15.7 Å². The van der Waals surface area contributed by atoms with E-state index in [4.69, 9.17) is 18.0 Å². The monoisotopic (exact) mass is 289 g/mol. The quantitative estimate of drug-likeness (QED) is 0.755. The molecule has 0 radical (unpaired) electrons. The smallest absolute Gasteiger partial charge is 0.324 e. The fraction of sp³-hybridized carbons (Fsp3) is 0.154. The molecule has 0 unspecified atom stereocenters. The maximum atomic E-state index is 12.0. The van der Waals surface area contributed by atoms with Crippen molar-refractivity contribution in [3.05, 3.63) is 41.6 Å². The number of thiocarbonyl (C=S) groups is 1. The first-order chi connectivity index (χ1) is 9.47. The second-order valence-corrected chi connectivity index (χ2v) is 4.78. The Morgan fingerprint density at radius 2 is 2.15 bits per heavy atom. The van der Waals surface area contributed by atoms with Gasteiger partial charge in [-0.1, -0.05) is 24.4 Å². The van der Waals surface area contributed by atoms with Gasteiger partial charge in [-0.25, -0.2) is 4.79 Å². The summed E-state index contributed by atoms with van der Waals surface area (Å²) in [7, 11) is 1.70. The third kappa shape index (κ3) is 3.12. The molecule has 0 atom stereocenters. The summed E-state index contributed by atoms with van der Waals surface area (Å²) in [4.78, 5) is 12.2. The zero-order valence-electron chi connectivity index (χ0n) is 11.2. The van der Waals surface area contributed by atoms with Crippen LogP contribution in [0.15, 0.2) is 30.5 Å². The Labute approximate surface area is 122 Å². The number of nitrogens with zero attached hydrogens (tertiary/aromatic N) is 2. The lowest BCUT2D eigenvalue weighted by Gasteiger charge is -2.09. The van der Waals surface area contributed by atoms with Gasteiger partial charge in [-0.3, -0.25) is 10.00 Å². The van der Waals surface area contributed by atoms with Crippen molar-refractivity contribution < 1.29 is 4.79 Å². The summed E-state index contributed by atoms with van der Waals surface area (Å²) in [5, 5.41) is 9.45. The molecule has 0 fully saturated rings. The summed E-state index contributed by atoms with van der Waals surface area (Å²) in [5.74, 6) is 0.461. The third-order valence-corrected chi connectivity index (χ3v) is 2.93. The highest BCUT2D eigenvalue weighted by Crippen LogP contribution is 2.15. The van der Waals surface area contributed by atoms with Crippen molar-refractivity contribution >= 4 is 34.7 Å².